The van der Waals surface area contributed by atoms with Crippen LogP contribution in [0.4, 0.5) is 0 Å². The maximum absolute atomic E-state index is 12.9. The molecule has 1 fully saturated rings. The van der Waals surface area contributed by atoms with Gasteiger partial charge in [0.25, 0.3) is 0 Å². The number of carboxylic acids is 1. The predicted molar refractivity (Wildman–Crippen MR) is 80.9 cm³/mol. The summed E-state index contributed by atoms with van der Waals surface area (Å²) in [6, 6.07) is 8.19. The molecule has 22 heavy (non-hydrogen) atoms. The number of hydrogen-bond donors (Lipinski definition) is 1. The number of carbonyl (C=O) groups excluding carboxylic acids is 1. The van der Waals surface area contributed by atoms with E-state index in [1.165, 1.54) is 11.1 Å². The molecule has 0 radical (unpaired) electrons. The Morgan fingerprint density at radius 3 is 2.45 bits per heavy atom. The number of rotatable bonds is 2. The van der Waals surface area contributed by atoms with Crippen LogP contribution in [0.15, 0.2) is 36.4 Å². The molecular formula is C18H19NO3. The lowest BCUT2D eigenvalue weighted by atomic mass is 9.81. The lowest BCUT2D eigenvalue weighted by Gasteiger charge is -2.34. The Bertz CT molecular complexity index is 666. The molecule has 4 nitrogen and oxygen atoms in total. The van der Waals surface area contributed by atoms with E-state index < -0.39 is 11.9 Å². The standard InChI is InChI=1S/C18H19NO3/c20-17(15-12-5-6-13(9-12)16(15)18(21)22)19-8-7-11-3-1-2-4-14(11)10-19/h1-6,12-13,15-16H,7-10H2,(H,21,22)/t12-,13+,15+,16+/m1/s1. The highest BCUT2D eigenvalue weighted by Crippen LogP contribution is 2.49. The average Bonchev–Trinajstić information content (AvgIpc) is 3.14. The van der Waals surface area contributed by atoms with Crippen molar-refractivity contribution in [2.75, 3.05) is 6.54 Å². The van der Waals surface area contributed by atoms with E-state index in [4.69, 9.17) is 0 Å². The van der Waals surface area contributed by atoms with Crippen LogP contribution >= 0.6 is 0 Å². The molecule has 4 atom stereocenters. The molecule has 2 bridgehead atoms. The Hall–Kier alpha value is -2.10. The second-order valence-electron chi connectivity index (χ2n) is 6.62. The van der Waals surface area contributed by atoms with Gasteiger partial charge in [-0.1, -0.05) is 36.4 Å². The largest absolute Gasteiger partial charge is 0.481 e. The first kappa shape index (κ1) is 13.6. The van der Waals surface area contributed by atoms with Crippen molar-refractivity contribution in [2.45, 2.75) is 19.4 Å². The number of fused-ring (bicyclic) bond motifs is 3. The van der Waals surface area contributed by atoms with Crippen molar-refractivity contribution in [1.82, 2.24) is 4.90 Å². The molecule has 4 heteroatoms. The molecule has 1 amide bonds. The van der Waals surface area contributed by atoms with Crippen molar-refractivity contribution in [3.05, 3.63) is 47.5 Å². The molecule has 1 aromatic rings. The molecule has 3 aliphatic rings. The second kappa shape index (κ2) is 4.97. The second-order valence-corrected chi connectivity index (χ2v) is 6.62. The van der Waals surface area contributed by atoms with Crippen molar-refractivity contribution in [3.63, 3.8) is 0 Å². The third-order valence-corrected chi connectivity index (χ3v) is 5.47. The molecule has 2 aliphatic carbocycles. The first-order chi connectivity index (χ1) is 10.6. The minimum Gasteiger partial charge on any atom is -0.481 e. The van der Waals surface area contributed by atoms with Crippen LogP contribution in [0.2, 0.25) is 0 Å². The van der Waals surface area contributed by atoms with Gasteiger partial charge in [-0.2, -0.15) is 0 Å². The van der Waals surface area contributed by atoms with Crippen LogP contribution in [0.3, 0.4) is 0 Å². The van der Waals surface area contributed by atoms with Gasteiger partial charge in [-0.3, -0.25) is 9.59 Å². The Morgan fingerprint density at radius 2 is 1.73 bits per heavy atom. The van der Waals surface area contributed by atoms with Gasteiger partial charge >= 0.3 is 5.97 Å². The zero-order chi connectivity index (χ0) is 15.3. The molecule has 0 saturated heterocycles. The number of aliphatic carboxylic acids is 1. The minimum atomic E-state index is -0.826. The fourth-order valence-corrected chi connectivity index (χ4v) is 4.39. The summed E-state index contributed by atoms with van der Waals surface area (Å²) in [7, 11) is 0. The fourth-order valence-electron chi connectivity index (χ4n) is 4.39. The Labute approximate surface area is 129 Å². The molecule has 1 saturated carbocycles. The van der Waals surface area contributed by atoms with Gasteiger partial charge in [0.05, 0.1) is 11.8 Å². The molecule has 1 aromatic carbocycles. The van der Waals surface area contributed by atoms with E-state index in [9.17, 15) is 14.7 Å². The van der Waals surface area contributed by atoms with Crippen molar-refractivity contribution in [3.8, 4) is 0 Å². The topological polar surface area (TPSA) is 57.6 Å². The van der Waals surface area contributed by atoms with Gasteiger partial charge in [-0.15, -0.1) is 0 Å². The minimum absolute atomic E-state index is 0.0266. The zero-order valence-corrected chi connectivity index (χ0v) is 12.3. The summed E-state index contributed by atoms with van der Waals surface area (Å²) in [5, 5.41) is 9.51. The molecule has 114 valence electrons. The summed E-state index contributed by atoms with van der Waals surface area (Å²) in [6.07, 6.45) is 5.71. The van der Waals surface area contributed by atoms with Gasteiger partial charge in [-0.05, 0) is 35.8 Å². The highest BCUT2D eigenvalue weighted by Gasteiger charge is 2.52. The monoisotopic (exact) mass is 297 g/mol. The van der Waals surface area contributed by atoms with Crippen molar-refractivity contribution in [2.24, 2.45) is 23.7 Å². The SMILES string of the molecule is O=C(O)[C@@H]1[C@@H](C(=O)N2CCc3ccccc3C2)[C@@H]2C=C[C@H]1C2. The summed E-state index contributed by atoms with van der Waals surface area (Å²) >= 11 is 0. The third-order valence-electron chi connectivity index (χ3n) is 5.47. The van der Waals surface area contributed by atoms with Gasteiger partial charge in [0.1, 0.15) is 0 Å². The highest BCUT2D eigenvalue weighted by atomic mass is 16.4. The molecule has 4 rings (SSSR count). The summed E-state index contributed by atoms with van der Waals surface area (Å²) < 4.78 is 0. The molecule has 1 heterocycles. The van der Waals surface area contributed by atoms with Gasteiger partial charge in [0.2, 0.25) is 5.91 Å². The first-order valence-electron chi connectivity index (χ1n) is 7.92. The van der Waals surface area contributed by atoms with Gasteiger partial charge in [0, 0.05) is 13.1 Å². The Balaban J connectivity index is 1.58. The quantitative estimate of drug-likeness (QED) is 0.850. The average molecular weight is 297 g/mol. The van der Waals surface area contributed by atoms with Gasteiger partial charge < -0.3 is 10.0 Å². The maximum atomic E-state index is 12.9. The fraction of sp³-hybridized carbons (Fsp3) is 0.444. The lowest BCUT2D eigenvalue weighted by Crippen LogP contribution is -2.44. The van der Waals surface area contributed by atoms with E-state index >= 15 is 0 Å². The summed E-state index contributed by atoms with van der Waals surface area (Å²) in [5.41, 5.74) is 2.49. The van der Waals surface area contributed by atoms with Crippen LogP contribution in [-0.4, -0.2) is 28.4 Å². The lowest BCUT2D eigenvalue weighted by molar-refractivity contribution is -0.151. The number of carboxylic acid groups (broad SMARTS) is 1. The van der Waals surface area contributed by atoms with Crippen LogP contribution in [0.25, 0.3) is 0 Å². The smallest absolute Gasteiger partial charge is 0.307 e. The molecule has 1 aliphatic heterocycles. The van der Waals surface area contributed by atoms with E-state index in [2.05, 4.69) is 12.1 Å². The maximum Gasteiger partial charge on any atom is 0.307 e. The molecule has 0 spiro atoms. The number of allylic oxidation sites excluding steroid dienone is 2. The van der Waals surface area contributed by atoms with E-state index in [1.807, 2.05) is 29.2 Å². The van der Waals surface area contributed by atoms with Crippen LogP contribution in [0, 0.1) is 23.7 Å². The van der Waals surface area contributed by atoms with E-state index in [0.29, 0.717) is 13.1 Å². The highest BCUT2D eigenvalue weighted by molar-refractivity contribution is 5.87. The molecule has 0 unspecified atom stereocenters. The van der Waals surface area contributed by atoms with Gasteiger partial charge in [0.15, 0.2) is 0 Å². The summed E-state index contributed by atoms with van der Waals surface area (Å²) in [6.45, 7) is 1.30. The summed E-state index contributed by atoms with van der Waals surface area (Å²) in [5.74, 6) is -1.58. The molecule has 1 N–H and O–H groups in total. The van der Waals surface area contributed by atoms with E-state index in [0.717, 1.165) is 12.8 Å². The number of nitrogens with zero attached hydrogens (tertiary/aromatic N) is 1. The van der Waals surface area contributed by atoms with Crippen molar-refractivity contribution >= 4 is 11.9 Å². The van der Waals surface area contributed by atoms with Crippen molar-refractivity contribution in [1.29, 1.82) is 0 Å². The van der Waals surface area contributed by atoms with Crippen LogP contribution in [0.1, 0.15) is 17.5 Å². The van der Waals surface area contributed by atoms with Gasteiger partial charge in [-0.25, -0.2) is 0 Å². The Morgan fingerprint density at radius 1 is 1.05 bits per heavy atom. The third kappa shape index (κ3) is 1.97. The number of amides is 1. The van der Waals surface area contributed by atoms with Crippen LogP contribution < -0.4 is 0 Å². The number of carbonyl (C=O) groups is 2. The van der Waals surface area contributed by atoms with Crippen LogP contribution in [0.5, 0.6) is 0 Å². The van der Waals surface area contributed by atoms with Crippen LogP contribution in [-0.2, 0) is 22.6 Å². The normalized spacial score (nSPS) is 32.1. The predicted octanol–water partition coefficient (Wildman–Crippen LogP) is 2.09. The summed E-state index contributed by atoms with van der Waals surface area (Å²) in [4.78, 5) is 26.4. The zero-order valence-electron chi connectivity index (χ0n) is 12.3. The molecular weight excluding hydrogens is 278 g/mol. The number of hydrogen-bond acceptors (Lipinski definition) is 2. The van der Waals surface area contributed by atoms with E-state index in [-0.39, 0.29) is 23.7 Å². The number of benzene rings is 1. The Kier molecular flexibility index (Phi) is 3.06. The first-order valence-corrected chi connectivity index (χ1v) is 7.92. The van der Waals surface area contributed by atoms with E-state index in [1.54, 1.807) is 0 Å². The van der Waals surface area contributed by atoms with Crippen molar-refractivity contribution < 1.29 is 14.7 Å². The molecule has 0 aromatic heterocycles.